The van der Waals surface area contributed by atoms with Crippen LogP contribution in [0.25, 0.3) is 0 Å². The van der Waals surface area contributed by atoms with Gasteiger partial charge in [0.1, 0.15) is 12.1 Å². The predicted molar refractivity (Wildman–Crippen MR) is 95.0 cm³/mol. The molecule has 1 heterocycles. The van der Waals surface area contributed by atoms with E-state index < -0.39 is 41.7 Å². The first-order valence-electron chi connectivity index (χ1n) is 8.47. The molecule has 0 saturated heterocycles. The van der Waals surface area contributed by atoms with Crippen molar-refractivity contribution in [3.05, 3.63) is 11.8 Å². The number of carbonyl (C=O) groups is 3. The van der Waals surface area contributed by atoms with Crippen LogP contribution in [0, 0.1) is 0 Å². The Bertz CT molecular complexity index is 594. The summed E-state index contributed by atoms with van der Waals surface area (Å²) in [5.74, 6) is -2.92. The summed E-state index contributed by atoms with van der Waals surface area (Å²) in [4.78, 5) is 41.5. The SMILES string of the molecule is CCCN(CCC)C(=O)[C@H]1OC(C(=O)O)=C[C@@H](N=C(N)N)[C@@H]1NC(C)=O. The number of ether oxygens (including phenoxy) is 1. The Balaban J connectivity index is 3.32. The van der Waals surface area contributed by atoms with Crippen LogP contribution in [-0.2, 0) is 19.1 Å². The molecule has 1 aliphatic heterocycles. The fraction of sp³-hybridized carbons (Fsp3) is 0.625. The van der Waals surface area contributed by atoms with Gasteiger partial charge in [-0.2, -0.15) is 0 Å². The average Bonchev–Trinajstić information content (AvgIpc) is 2.54. The minimum Gasteiger partial charge on any atom is -0.475 e. The van der Waals surface area contributed by atoms with Crippen LogP contribution in [0.3, 0.4) is 0 Å². The number of guanidine groups is 1. The Hall–Kier alpha value is -2.78. The topological polar surface area (TPSA) is 160 Å². The van der Waals surface area contributed by atoms with E-state index in [9.17, 15) is 19.5 Å². The van der Waals surface area contributed by atoms with Gasteiger partial charge in [0, 0.05) is 20.0 Å². The van der Waals surface area contributed by atoms with Gasteiger partial charge < -0.3 is 31.5 Å². The molecule has 0 saturated carbocycles. The first-order chi connectivity index (χ1) is 12.2. The highest BCUT2D eigenvalue weighted by Gasteiger charge is 2.43. The first-order valence-corrected chi connectivity index (χ1v) is 8.47. The summed E-state index contributed by atoms with van der Waals surface area (Å²) < 4.78 is 5.41. The van der Waals surface area contributed by atoms with E-state index >= 15 is 0 Å². The maximum atomic E-state index is 13.0. The monoisotopic (exact) mass is 369 g/mol. The lowest BCUT2D eigenvalue weighted by Gasteiger charge is -2.36. The van der Waals surface area contributed by atoms with E-state index in [0.717, 1.165) is 12.8 Å². The molecule has 3 atom stereocenters. The van der Waals surface area contributed by atoms with Gasteiger partial charge in [0.15, 0.2) is 12.1 Å². The van der Waals surface area contributed by atoms with Crippen molar-refractivity contribution >= 4 is 23.7 Å². The molecular formula is C16H27N5O5. The van der Waals surface area contributed by atoms with Crippen LogP contribution in [0.1, 0.15) is 33.6 Å². The van der Waals surface area contributed by atoms with Crippen molar-refractivity contribution in [3.8, 4) is 0 Å². The number of hydrogen-bond acceptors (Lipinski definition) is 5. The second kappa shape index (κ2) is 9.64. The zero-order chi connectivity index (χ0) is 19.9. The number of nitrogens with zero attached hydrogens (tertiary/aromatic N) is 2. The molecule has 26 heavy (non-hydrogen) atoms. The summed E-state index contributed by atoms with van der Waals surface area (Å²) in [5.41, 5.74) is 10.8. The lowest BCUT2D eigenvalue weighted by molar-refractivity contribution is -0.149. The van der Waals surface area contributed by atoms with Crippen LogP contribution in [-0.4, -0.2) is 65.0 Å². The van der Waals surface area contributed by atoms with Gasteiger partial charge >= 0.3 is 5.97 Å². The fourth-order valence-electron chi connectivity index (χ4n) is 2.75. The molecule has 6 N–H and O–H groups in total. The van der Waals surface area contributed by atoms with Gasteiger partial charge in [0.25, 0.3) is 5.91 Å². The van der Waals surface area contributed by atoms with Crippen molar-refractivity contribution in [1.82, 2.24) is 10.2 Å². The second-order valence-corrected chi connectivity index (χ2v) is 5.97. The van der Waals surface area contributed by atoms with Gasteiger partial charge in [-0.1, -0.05) is 13.8 Å². The number of nitrogens with one attached hydrogen (secondary N) is 1. The summed E-state index contributed by atoms with van der Waals surface area (Å²) in [5, 5.41) is 11.9. The average molecular weight is 369 g/mol. The van der Waals surface area contributed by atoms with Crippen molar-refractivity contribution in [2.75, 3.05) is 13.1 Å². The molecule has 0 fully saturated rings. The zero-order valence-corrected chi connectivity index (χ0v) is 15.3. The molecule has 0 aliphatic carbocycles. The van der Waals surface area contributed by atoms with Gasteiger partial charge in [-0.3, -0.25) is 9.59 Å². The lowest BCUT2D eigenvalue weighted by atomic mass is 9.97. The van der Waals surface area contributed by atoms with E-state index in [1.165, 1.54) is 13.0 Å². The number of rotatable bonds is 8. The third kappa shape index (κ3) is 5.64. The number of nitrogens with two attached hydrogens (primary N) is 2. The fourth-order valence-corrected chi connectivity index (χ4v) is 2.75. The van der Waals surface area contributed by atoms with Crippen LogP contribution in [0.4, 0.5) is 0 Å². The molecule has 146 valence electrons. The van der Waals surface area contributed by atoms with Crippen LogP contribution < -0.4 is 16.8 Å². The third-order valence-electron chi connectivity index (χ3n) is 3.69. The van der Waals surface area contributed by atoms with Crippen molar-refractivity contribution in [1.29, 1.82) is 0 Å². The molecule has 10 heteroatoms. The van der Waals surface area contributed by atoms with Gasteiger partial charge in [0.2, 0.25) is 11.7 Å². The van der Waals surface area contributed by atoms with E-state index in [-0.39, 0.29) is 5.96 Å². The maximum absolute atomic E-state index is 13.0. The minimum atomic E-state index is -1.35. The van der Waals surface area contributed by atoms with Gasteiger partial charge in [-0.25, -0.2) is 9.79 Å². The highest BCUT2D eigenvalue weighted by Crippen LogP contribution is 2.23. The van der Waals surface area contributed by atoms with E-state index in [1.807, 2.05) is 13.8 Å². The normalized spacial score (nSPS) is 21.8. The van der Waals surface area contributed by atoms with Crippen molar-refractivity contribution < 1.29 is 24.2 Å². The van der Waals surface area contributed by atoms with Gasteiger partial charge in [-0.05, 0) is 18.9 Å². The minimum absolute atomic E-state index is 0.293. The van der Waals surface area contributed by atoms with Crippen molar-refractivity contribution in [2.24, 2.45) is 16.5 Å². The highest BCUT2D eigenvalue weighted by molar-refractivity contribution is 5.89. The molecular weight excluding hydrogens is 342 g/mol. The number of carbonyl (C=O) groups excluding carboxylic acids is 2. The quantitative estimate of drug-likeness (QED) is 0.320. The summed E-state index contributed by atoms with van der Waals surface area (Å²) >= 11 is 0. The lowest BCUT2D eigenvalue weighted by Crippen LogP contribution is -2.59. The van der Waals surface area contributed by atoms with Crippen molar-refractivity contribution in [2.45, 2.75) is 51.8 Å². The van der Waals surface area contributed by atoms with Crippen molar-refractivity contribution in [3.63, 3.8) is 0 Å². The molecule has 1 aliphatic rings. The molecule has 0 radical (unpaired) electrons. The number of amides is 2. The summed E-state index contributed by atoms with van der Waals surface area (Å²) in [6.07, 6.45) is 1.38. The van der Waals surface area contributed by atoms with Crippen LogP contribution in [0.2, 0.25) is 0 Å². The molecule has 0 aromatic heterocycles. The summed E-state index contributed by atoms with van der Waals surface area (Å²) in [7, 11) is 0. The van der Waals surface area contributed by atoms with Gasteiger partial charge in [0.05, 0.1) is 0 Å². The number of carboxylic acid groups (broad SMARTS) is 1. The van der Waals surface area contributed by atoms with Crippen LogP contribution >= 0.6 is 0 Å². The van der Waals surface area contributed by atoms with Gasteiger partial charge in [-0.15, -0.1) is 0 Å². The molecule has 2 amide bonds. The number of aliphatic imine (C=N–C) groups is 1. The number of hydrogen-bond donors (Lipinski definition) is 4. The maximum Gasteiger partial charge on any atom is 0.370 e. The molecule has 0 aromatic carbocycles. The number of aliphatic carboxylic acids is 1. The molecule has 0 spiro atoms. The Morgan fingerprint density at radius 3 is 2.27 bits per heavy atom. The predicted octanol–water partition coefficient (Wildman–Crippen LogP) is -0.851. The number of carboxylic acids is 1. The second-order valence-electron chi connectivity index (χ2n) is 5.97. The Labute approximate surface area is 152 Å². The largest absolute Gasteiger partial charge is 0.475 e. The molecule has 0 bridgehead atoms. The summed E-state index contributed by atoms with van der Waals surface area (Å²) in [6, 6.07) is -1.87. The van der Waals surface area contributed by atoms with E-state index in [2.05, 4.69) is 10.3 Å². The Morgan fingerprint density at radius 2 is 1.85 bits per heavy atom. The smallest absolute Gasteiger partial charge is 0.370 e. The van der Waals surface area contributed by atoms with E-state index in [4.69, 9.17) is 16.2 Å². The molecule has 0 aromatic rings. The Morgan fingerprint density at radius 1 is 1.27 bits per heavy atom. The zero-order valence-electron chi connectivity index (χ0n) is 15.3. The Kier molecular flexibility index (Phi) is 7.88. The molecule has 0 unspecified atom stereocenters. The summed E-state index contributed by atoms with van der Waals surface area (Å²) in [6.45, 7) is 6.10. The standard InChI is InChI=1S/C16H27N5O5/c1-4-6-21(7-5-2)14(23)13-12(19-9(3)22)10(20-16(17)18)8-11(26-13)15(24)25/h8,10,12-13H,4-7H2,1-3H3,(H,19,22)(H,24,25)(H4,17,18,20)/t10-,12+,13+/m1/s1. The van der Waals surface area contributed by atoms with Crippen LogP contribution in [0.5, 0.6) is 0 Å². The van der Waals surface area contributed by atoms with Crippen LogP contribution in [0.15, 0.2) is 16.8 Å². The van der Waals surface area contributed by atoms with E-state index in [1.54, 1.807) is 4.90 Å². The molecule has 1 rings (SSSR count). The molecule has 10 nitrogen and oxygen atoms in total. The van der Waals surface area contributed by atoms with E-state index in [0.29, 0.717) is 13.1 Å². The third-order valence-corrected chi connectivity index (χ3v) is 3.69. The first kappa shape index (κ1) is 21.3. The highest BCUT2D eigenvalue weighted by atomic mass is 16.5.